The van der Waals surface area contributed by atoms with E-state index in [0.29, 0.717) is 6.04 Å². The van der Waals surface area contributed by atoms with Gasteiger partial charge in [0.15, 0.2) is 0 Å². The van der Waals surface area contributed by atoms with Crippen LogP contribution in [0.4, 0.5) is 0 Å². The van der Waals surface area contributed by atoms with Gasteiger partial charge in [-0.2, -0.15) is 0 Å². The second kappa shape index (κ2) is 6.41. The van der Waals surface area contributed by atoms with Gasteiger partial charge in [-0.05, 0) is 38.1 Å². The number of hydrogen-bond donors (Lipinski definition) is 0. The Labute approximate surface area is 131 Å². The highest BCUT2D eigenvalue weighted by atomic mass is 16.2. The third-order valence-electron chi connectivity index (χ3n) is 5.60. The molecule has 1 aliphatic heterocycles. The third-order valence-corrected chi connectivity index (χ3v) is 5.60. The van der Waals surface area contributed by atoms with Gasteiger partial charge in [0.2, 0.25) is 0 Å². The van der Waals surface area contributed by atoms with E-state index in [0.717, 1.165) is 24.7 Å². The molecule has 1 saturated heterocycles. The zero-order valence-corrected chi connectivity index (χ0v) is 13.8. The highest BCUT2D eigenvalue weighted by molar-refractivity contribution is 5.03. The molecule has 0 spiro atoms. The Balaban J connectivity index is 1.80. The predicted molar refractivity (Wildman–Crippen MR) is 86.9 cm³/mol. The molecule has 3 rings (SSSR count). The van der Waals surface area contributed by atoms with Gasteiger partial charge in [-0.15, -0.1) is 0 Å². The normalized spacial score (nSPS) is 24.0. The summed E-state index contributed by atoms with van der Waals surface area (Å²) in [7, 11) is 3.30. The number of aromatic nitrogens is 2. The standard InChI is InChI=1S/C17H27N3O2/c1-18-14(11-16(21)19(2)17(18)22)12-20-10-6-9-15(20)13-7-4-3-5-8-13/h11,13,15H,3-10,12H2,1-2H3/t15-/m1/s1. The van der Waals surface area contributed by atoms with Gasteiger partial charge in [0, 0.05) is 38.4 Å². The van der Waals surface area contributed by atoms with Crippen LogP contribution in [-0.4, -0.2) is 26.6 Å². The van der Waals surface area contributed by atoms with Crippen LogP contribution in [0.25, 0.3) is 0 Å². The first-order chi connectivity index (χ1) is 10.6. The van der Waals surface area contributed by atoms with E-state index in [-0.39, 0.29) is 11.2 Å². The summed E-state index contributed by atoms with van der Waals surface area (Å²) in [6.45, 7) is 1.81. The Morgan fingerprint density at radius 3 is 2.45 bits per heavy atom. The minimum atomic E-state index is -0.226. The fourth-order valence-corrected chi connectivity index (χ4v) is 4.24. The molecule has 2 aliphatic rings. The van der Waals surface area contributed by atoms with Crippen LogP contribution in [0.3, 0.4) is 0 Å². The molecule has 1 aromatic rings. The largest absolute Gasteiger partial charge is 0.330 e. The van der Waals surface area contributed by atoms with Crippen LogP contribution in [0.15, 0.2) is 15.7 Å². The first-order valence-corrected chi connectivity index (χ1v) is 8.58. The van der Waals surface area contributed by atoms with Gasteiger partial charge < -0.3 is 0 Å². The molecular weight excluding hydrogens is 278 g/mol. The second-order valence-electron chi connectivity index (χ2n) is 6.95. The van der Waals surface area contributed by atoms with Crippen molar-refractivity contribution in [3.63, 3.8) is 0 Å². The Kier molecular flexibility index (Phi) is 4.52. The van der Waals surface area contributed by atoms with Crippen molar-refractivity contribution in [2.24, 2.45) is 20.0 Å². The molecule has 0 amide bonds. The van der Waals surface area contributed by atoms with Crippen molar-refractivity contribution in [2.45, 2.75) is 57.5 Å². The number of likely N-dealkylation sites (tertiary alicyclic amines) is 1. The van der Waals surface area contributed by atoms with E-state index in [1.54, 1.807) is 17.7 Å². The van der Waals surface area contributed by atoms with Gasteiger partial charge in [0.05, 0.1) is 0 Å². The Bertz CT molecular complexity index is 640. The summed E-state index contributed by atoms with van der Waals surface area (Å²) in [6.07, 6.45) is 9.29. The van der Waals surface area contributed by atoms with Crippen molar-refractivity contribution in [2.75, 3.05) is 6.54 Å². The number of rotatable bonds is 3. The lowest BCUT2D eigenvalue weighted by molar-refractivity contribution is 0.148. The van der Waals surface area contributed by atoms with Gasteiger partial charge in [-0.25, -0.2) is 4.79 Å². The molecule has 1 aromatic heterocycles. The van der Waals surface area contributed by atoms with Gasteiger partial charge in [0.1, 0.15) is 0 Å². The SMILES string of the molecule is Cn1c(CN2CCC[C@@H]2C2CCCCC2)cc(=O)n(C)c1=O. The van der Waals surface area contributed by atoms with E-state index in [1.165, 1.54) is 56.6 Å². The fraction of sp³-hybridized carbons (Fsp3) is 0.765. The first-order valence-electron chi connectivity index (χ1n) is 8.58. The lowest BCUT2D eigenvalue weighted by Gasteiger charge is -2.34. The van der Waals surface area contributed by atoms with Crippen LogP contribution in [0.5, 0.6) is 0 Å². The Morgan fingerprint density at radius 2 is 1.73 bits per heavy atom. The Hall–Kier alpha value is -1.36. The van der Waals surface area contributed by atoms with Crippen molar-refractivity contribution >= 4 is 0 Å². The van der Waals surface area contributed by atoms with Gasteiger partial charge >= 0.3 is 5.69 Å². The second-order valence-corrected chi connectivity index (χ2v) is 6.95. The van der Waals surface area contributed by atoms with Crippen LogP contribution in [-0.2, 0) is 20.6 Å². The molecule has 2 heterocycles. The van der Waals surface area contributed by atoms with Gasteiger partial charge in [-0.3, -0.25) is 18.8 Å². The molecule has 0 radical (unpaired) electrons. The molecular formula is C17H27N3O2. The zero-order valence-electron chi connectivity index (χ0n) is 13.8. The molecule has 1 aliphatic carbocycles. The zero-order chi connectivity index (χ0) is 15.7. The smallest absolute Gasteiger partial charge is 0.299 e. The van der Waals surface area contributed by atoms with Crippen LogP contribution in [0.2, 0.25) is 0 Å². The topological polar surface area (TPSA) is 47.2 Å². The molecule has 122 valence electrons. The fourth-order valence-electron chi connectivity index (χ4n) is 4.24. The predicted octanol–water partition coefficient (Wildman–Crippen LogP) is 1.63. The summed E-state index contributed by atoms with van der Waals surface area (Å²) in [5, 5.41) is 0. The molecule has 5 heteroatoms. The van der Waals surface area contributed by atoms with Crippen LogP contribution < -0.4 is 11.2 Å². The molecule has 5 nitrogen and oxygen atoms in total. The van der Waals surface area contributed by atoms with Crippen molar-refractivity contribution in [3.05, 3.63) is 32.6 Å². The van der Waals surface area contributed by atoms with E-state index in [1.807, 2.05) is 0 Å². The molecule has 0 unspecified atom stereocenters. The van der Waals surface area contributed by atoms with Crippen molar-refractivity contribution in [1.82, 2.24) is 14.0 Å². The Morgan fingerprint density at radius 1 is 1.00 bits per heavy atom. The lowest BCUT2D eigenvalue weighted by atomic mass is 9.83. The lowest BCUT2D eigenvalue weighted by Crippen LogP contribution is -2.41. The summed E-state index contributed by atoms with van der Waals surface area (Å²) in [5.74, 6) is 0.805. The summed E-state index contributed by atoms with van der Waals surface area (Å²) >= 11 is 0. The van der Waals surface area contributed by atoms with Gasteiger partial charge in [-0.1, -0.05) is 19.3 Å². The van der Waals surface area contributed by atoms with E-state index in [4.69, 9.17) is 0 Å². The minimum Gasteiger partial charge on any atom is -0.299 e. The maximum atomic E-state index is 12.1. The third kappa shape index (κ3) is 2.91. The number of hydrogen-bond acceptors (Lipinski definition) is 3. The molecule has 0 N–H and O–H groups in total. The highest BCUT2D eigenvalue weighted by Gasteiger charge is 2.32. The highest BCUT2D eigenvalue weighted by Crippen LogP contribution is 2.34. The van der Waals surface area contributed by atoms with E-state index in [2.05, 4.69) is 4.90 Å². The van der Waals surface area contributed by atoms with E-state index >= 15 is 0 Å². The number of nitrogens with zero attached hydrogens (tertiary/aromatic N) is 3. The van der Waals surface area contributed by atoms with Crippen molar-refractivity contribution < 1.29 is 0 Å². The van der Waals surface area contributed by atoms with Crippen molar-refractivity contribution in [3.8, 4) is 0 Å². The summed E-state index contributed by atoms with van der Waals surface area (Å²) in [5.41, 5.74) is 0.415. The quantitative estimate of drug-likeness (QED) is 0.853. The average Bonchev–Trinajstić information content (AvgIpc) is 2.99. The van der Waals surface area contributed by atoms with Crippen molar-refractivity contribution in [1.29, 1.82) is 0 Å². The van der Waals surface area contributed by atoms with E-state index in [9.17, 15) is 9.59 Å². The molecule has 1 saturated carbocycles. The van der Waals surface area contributed by atoms with Gasteiger partial charge in [0.25, 0.3) is 5.56 Å². The molecule has 1 atom stereocenters. The molecule has 22 heavy (non-hydrogen) atoms. The minimum absolute atomic E-state index is 0.202. The first kappa shape index (κ1) is 15.5. The average molecular weight is 305 g/mol. The van der Waals surface area contributed by atoms with Crippen LogP contribution >= 0.6 is 0 Å². The van der Waals surface area contributed by atoms with Crippen LogP contribution in [0, 0.1) is 5.92 Å². The van der Waals surface area contributed by atoms with E-state index < -0.39 is 0 Å². The molecule has 0 bridgehead atoms. The molecule has 2 fully saturated rings. The monoisotopic (exact) mass is 305 g/mol. The summed E-state index contributed by atoms with van der Waals surface area (Å²) in [4.78, 5) is 26.5. The summed E-state index contributed by atoms with van der Waals surface area (Å²) < 4.78 is 2.80. The molecule has 0 aromatic carbocycles. The maximum Gasteiger partial charge on any atom is 0.330 e. The maximum absolute atomic E-state index is 12.1. The van der Waals surface area contributed by atoms with Crippen LogP contribution in [0.1, 0.15) is 50.6 Å². The summed E-state index contributed by atoms with van der Waals surface area (Å²) in [6, 6.07) is 2.26.